The maximum atomic E-state index is 13.7. The lowest BCUT2D eigenvalue weighted by Crippen LogP contribution is -2.54. The molecule has 2 N–H and O–H groups in total. The zero-order chi connectivity index (χ0) is 24.9. The summed E-state index contributed by atoms with van der Waals surface area (Å²) in [7, 11) is 1.33. The minimum atomic E-state index is -1.21. The van der Waals surface area contributed by atoms with Crippen LogP contribution in [0, 0.1) is 0 Å². The number of carboxylic acid groups (broad SMARTS) is 1. The van der Waals surface area contributed by atoms with Gasteiger partial charge in [-0.15, -0.1) is 11.8 Å². The number of likely N-dealkylation sites (N-methyl/N-ethyl adjacent to an activating group) is 1. The fourth-order valence-electron chi connectivity index (χ4n) is 3.92. The number of hydrogen-bond donors (Lipinski definition) is 2. The molecule has 3 aromatic carbocycles. The highest BCUT2D eigenvalue weighted by Crippen LogP contribution is 2.35. The number of carbonyl (C=O) groups excluding carboxylic acids is 2. The highest BCUT2D eigenvalue weighted by Gasteiger charge is 2.33. The van der Waals surface area contributed by atoms with Gasteiger partial charge in [0.25, 0.3) is 5.91 Å². The Morgan fingerprint density at radius 2 is 1.74 bits per heavy atom. The lowest BCUT2D eigenvalue weighted by atomic mass is 10.0. The van der Waals surface area contributed by atoms with Crippen molar-refractivity contribution in [3.63, 3.8) is 0 Å². The Morgan fingerprint density at radius 1 is 1.06 bits per heavy atom. The predicted molar refractivity (Wildman–Crippen MR) is 137 cm³/mol. The molecule has 0 spiro atoms. The quantitative estimate of drug-likeness (QED) is 0.533. The number of para-hydroxylation sites is 1. The Balaban J connectivity index is 1.61. The monoisotopic (exact) mass is 489 g/mol. The molecule has 0 radical (unpaired) electrons. The van der Waals surface area contributed by atoms with Crippen molar-refractivity contribution in [1.82, 2.24) is 10.2 Å². The molecular weight excluding hydrogens is 462 g/mol. The van der Waals surface area contributed by atoms with E-state index in [4.69, 9.17) is 0 Å². The lowest BCUT2D eigenvalue weighted by molar-refractivity contribution is -0.129. The predicted octanol–water partition coefficient (Wildman–Crippen LogP) is 4.48. The van der Waals surface area contributed by atoms with Gasteiger partial charge in [-0.2, -0.15) is 0 Å². The van der Waals surface area contributed by atoms with Gasteiger partial charge in [0, 0.05) is 17.7 Å². The standard InChI is InChI=1S/C27H27N3O4S/c1-18(29(2)27(33)34)25(31)28-22-17-35-24-14-7-6-13-23(24)30(26(22)32)16-19-9-8-12-21(15-19)20-10-4-3-5-11-20/h3-15,18,22H,16-17H2,1-2H3,(H,28,31)(H,33,34)/t18-,22?/m0/s1. The summed E-state index contributed by atoms with van der Waals surface area (Å²) in [5, 5.41) is 12.0. The second-order valence-corrected chi connectivity index (χ2v) is 9.46. The fraction of sp³-hybridized carbons (Fsp3) is 0.222. The van der Waals surface area contributed by atoms with Crippen LogP contribution >= 0.6 is 11.8 Å². The van der Waals surface area contributed by atoms with Crippen LogP contribution in [0.5, 0.6) is 0 Å². The van der Waals surface area contributed by atoms with E-state index in [-0.39, 0.29) is 5.91 Å². The van der Waals surface area contributed by atoms with E-state index >= 15 is 0 Å². The molecule has 180 valence electrons. The van der Waals surface area contributed by atoms with Crippen molar-refractivity contribution in [2.75, 3.05) is 17.7 Å². The second kappa shape index (κ2) is 10.7. The van der Waals surface area contributed by atoms with E-state index in [2.05, 4.69) is 11.4 Å². The maximum absolute atomic E-state index is 13.7. The van der Waals surface area contributed by atoms with E-state index in [9.17, 15) is 19.5 Å². The third-order valence-corrected chi connectivity index (χ3v) is 7.24. The molecule has 3 amide bonds. The first-order chi connectivity index (χ1) is 16.8. The Hall–Kier alpha value is -3.78. The minimum absolute atomic E-state index is 0.230. The first-order valence-corrected chi connectivity index (χ1v) is 12.3. The summed E-state index contributed by atoms with van der Waals surface area (Å²) < 4.78 is 0. The molecule has 3 aromatic rings. The van der Waals surface area contributed by atoms with Crippen LogP contribution in [0.4, 0.5) is 10.5 Å². The number of fused-ring (bicyclic) bond motifs is 1. The van der Waals surface area contributed by atoms with Gasteiger partial charge < -0.3 is 15.3 Å². The number of nitrogens with zero attached hydrogens (tertiary/aromatic N) is 2. The first kappa shape index (κ1) is 24.3. The Kier molecular flexibility index (Phi) is 7.41. The molecule has 0 saturated heterocycles. The van der Waals surface area contributed by atoms with Gasteiger partial charge in [0.15, 0.2) is 0 Å². The molecule has 7 nitrogen and oxygen atoms in total. The molecule has 1 aliphatic rings. The zero-order valence-electron chi connectivity index (χ0n) is 19.5. The number of amides is 3. The second-order valence-electron chi connectivity index (χ2n) is 8.40. The van der Waals surface area contributed by atoms with Gasteiger partial charge in [-0.25, -0.2) is 4.79 Å². The lowest BCUT2D eigenvalue weighted by Gasteiger charge is -2.28. The number of thioether (sulfide) groups is 1. The summed E-state index contributed by atoms with van der Waals surface area (Å²) in [5.41, 5.74) is 3.91. The summed E-state index contributed by atoms with van der Waals surface area (Å²) in [6, 6.07) is 24.1. The van der Waals surface area contributed by atoms with Gasteiger partial charge >= 0.3 is 6.09 Å². The van der Waals surface area contributed by atoms with Crippen LogP contribution in [0.1, 0.15) is 12.5 Å². The summed E-state index contributed by atoms with van der Waals surface area (Å²) in [5.74, 6) is -0.386. The molecule has 0 fully saturated rings. The summed E-state index contributed by atoms with van der Waals surface area (Å²) in [6.45, 7) is 1.84. The topological polar surface area (TPSA) is 90.0 Å². The molecule has 8 heteroatoms. The Labute approximate surface area is 208 Å². The van der Waals surface area contributed by atoms with Crippen molar-refractivity contribution in [1.29, 1.82) is 0 Å². The van der Waals surface area contributed by atoms with Crippen molar-refractivity contribution < 1.29 is 19.5 Å². The van der Waals surface area contributed by atoms with Crippen LogP contribution < -0.4 is 10.2 Å². The van der Waals surface area contributed by atoms with Crippen LogP contribution in [-0.4, -0.2) is 52.8 Å². The van der Waals surface area contributed by atoms with Crippen molar-refractivity contribution in [3.05, 3.63) is 84.4 Å². The number of rotatable bonds is 6. The molecule has 0 aromatic heterocycles. The molecule has 0 aliphatic carbocycles. The van der Waals surface area contributed by atoms with Gasteiger partial charge in [-0.1, -0.05) is 60.7 Å². The molecule has 1 aliphatic heterocycles. The minimum Gasteiger partial charge on any atom is -0.465 e. The average molecular weight is 490 g/mol. The smallest absolute Gasteiger partial charge is 0.407 e. The number of hydrogen-bond acceptors (Lipinski definition) is 4. The van der Waals surface area contributed by atoms with E-state index in [1.54, 1.807) is 4.90 Å². The largest absolute Gasteiger partial charge is 0.465 e. The molecule has 35 heavy (non-hydrogen) atoms. The van der Waals surface area contributed by atoms with Crippen LogP contribution in [0.3, 0.4) is 0 Å². The SMILES string of the molecule is C[C@@H](C(=O)NC1CSc2ccccc2N(Cc2cccc(-c3ccccc3)c2)C1=O)N(C)C(=O)O. The fourth-order valence-corrected chi connectivity index (χ4v) is 4.99. The normalized spacial score (nSPS) is 16.1. The molecular formula is C27H27N3O4S. The molecule has 4 rings (SSSR count). The van der Waals surface area contributed by atoms with Crippen molar-refractivity contribution in [3.8, 4) is 11.1 Å². The molecule has 0 bridgehead atoms. The zero-order valence-corrected chi connectivity index (χ0v) is 20.4. The van der Waals surface area contributed by atoms with E-state index < -0.39 is 24.1 Å². The van der Waals surface area contributed by atoms with Crippen molar-refractivity contribution >= 4 is 35.4 Å². The molecule has 1 unspecified atom stereocenters. The highest BCUT2D eigenvalue weighted by atomic mass is 32.2. The van der Waals surface area contributed by atoms with Crippen molar-refractivity contribution in [2.45, 2.75) is 30.4 Å². The van der Waals surface area contributed by atoms with Crippen LogP contribution in [-0.2, 0) is 16.1 Å². The van der Waals surface area contributed by atoms with Crippen molar-refractivity contribution in [2.24, 2.45) is 0 Å². The van der Waals surface area contributed by atoms with Crippen LogP contribution in [0.25, 0.3) is 11.1 Å². The molecule has 1 heterocycles. The van der Waals surface area contributed by atoms with E-state index in [1.807, 2.05) is 72.8 Å². The van der Waals surface area contributed by atoms with Gasteiger partial charge in [-0.05, 0) is 41.8 Å². The molecule has 0 saturated carbocycles. The maximum Gasteiger partial charge on any atom is 0.407 e. The van der Waals surface area contributed by atoms with Crippen LogP contribution in [0.2, 0.25) is 0 Å². The number of benzene rings is 3. The number of anilines is 1. The summed E-state index contributed by atoms with van der Waals surface area (Å²) >= 11 is 1.50. The third-order valence-electron chi connectivity index (χ3n) is 6.08. The summed E-state index contributed by atoms with van der Waals surface area (Å²) in [4.78, 5) is 41.3. The van der Waals surface area contributed by atoms with Crippen LogP contribution in [0.15, 0.2) is 83.8 Å². The van der Waals surface area contributed by atoms with Gasteiger partial charge in [0.1, 0.15) is 12.1 Å². The molecule has 2 atom stereocenters. The van der Waals surface area contributed by atoms with Gasteiger partial charge in [-0.3, -0.25) is 14.5 Å². The highest BCUT2D eigenvalue weighted by molar-refractivity contribution is 7.99. The van der Waals surface area contributed by atoms with Gasteiger partial charge in [0.2, 0.25) is 5.91 Å². The van der Waals surface area contributed by atoms with E-state index in [0.29, 0.717) is 12.3 Å². The summed E-state index contributed by atoms with van der Waals surface area (Å²) in [6.07, 6.45) is -1.21. The Bertz CT molecular complexity index is 1230. The number of nitrogens with one attached hydrogen (secondary N) is 1. The third kappa shape index (κ3) is 5.49. The van der Waals surface area contributed by atoms with E-state index in [0.717, 1.165) is 32.2 Å². The van der Waals surface area contributed by atoms with Gasteiger partial charge in [0.05, 0.1) is 12.2 Å². The first-order valence-electron chi connectivity index (χ1n) is 11.3. The Morgan fingerprint density at radius 3 is 2.49 bits per heavy atom. The number of carbonyl (C=O) groups is 3. The van der Waals surface area contributed by atoms with E-state index in [1.165, 1.54) is 25.7 Å². The average Bonchev–Trinajstić information content (AvgIpc) is 3.01.